The maximum Gasteiger partial charge on any atom is 0.203 e. The molecule has 0 spiro atoms. The van der Waals surface area contributed by atoms with Gasteiger partial charge in [-0.3, -0.25) is 4.40 Å². The highest BCUT2D eigenvalue weighted by atomic mass is 32.1. The second kappa shape index (κ2) is 5.80. The smallest absolute Gasteiger partial charge is 0.203 e. The van der Waals surface area contributed by atoms with Gasteiger partial charge in [0.1, 0.15) is 12.1 Å². The van der Waals surface area contributed by atoms with E-state index in [0.29, 0.717) is 6.04 Å². The van der Waals surface area contributed by atoms with Crippen molar-refractivity contribution in [3.8, 4) is 5.75 Å². The Morgan fingerprint density at radius 3 is 3.04 bits per heavy atom. The number of fused-ring (bicyclic) bond motifs is 2. The van der Waals surface area contributed by atoms with Crippen LogP contribution in [0.5, 0.6) is 5.75 Å². The third-order valence-electron chi connectivity index (χ3n) is 4.79. The number of aromatic nitrogens is 5. The Labute approximate surface area is 153 Å². The number of hydrogen-bond acceptors (Lipinski definition) is 8. The van der Waals surface area contributed by atoms with Crippen LogP contribution < -0.4 is 14.5 Å². The van der Waals surface area contributed by atoms with Crippen molar-refractivity contribution in [2.24, 2.45) is 0 Å². The number of methoxy groups -OCH3 is 1. The minimum absolute atomic E-state index is 0.391. The zero-order valence-corrected chi connectivity index (χ0v) is 15.2. The molecule has 1 aliphatic heterocycles. The van der Waals surface area contributed by atoms with E-state index in [-0.39, 0.29) is 0 Å². The SMILES string of the molecule is COc1ccc2sc(N(C)C3CN(c4nccn5cnnc45)C3)nc2c1. The lowest BCUT2D eigenvalue weighted by molar-refractivity contribution is 0.415. The maximum absolute atomic E-state index is 5.29. The molecule has 0 aliphatic carbocycles. The van der Waals surface area contributed by atoms with E-state index in [4.69, 9.17) is 9.72 Å². The van der Waals surface area contributed by atoms with Crippen molar-refractivity contribution in [2.75, 3.05) is 37.0 Å². The summed E-state index contributed by atoms with van der Waals surface area (Å²) in [5.74, 6) is 1.71. The fourth-order valence-electron chi connectivity index (χ4n) is 3.17. The summed E-state index contributed by atoms with van der Waals surface area (Å²) in [4.78, 5) is 13.7. The van der Waals surface area contributed by atoms with E-state index in [1.54, 1.807) is 31.0 Å². The van der Waals surface area contributed by atoms with E-state index in [1.165, 1.54) is 4.70 Å². The molecule has 9 heteroatoms. The highest BCUT2D eigenvalue weighted by Crippen LogP contribution is 2.33. The third kappa shape index (κ3) is 2.35. The molecule has 1 aromatic carbocycles. The fourth-order valence-corrected chi connectivity index (χ4v) is 4.15. The van der Waals surface area contributed by atoms with Crippen molar-refractivity contribution in [1.82, 2.24) is 24.6 Å². The molecule has 1 saturated heterocycles. The van der Waals surface area contributed by atoms with Gasteiger partial charge < -0.3 is 14.5 Å². The summed E-state index contributed by atoms with van der Waals surface area (Å²) in [7, 11) is 3.77. The predicted octanol–water partition coefficient (Wildman–Crippen LogP) is 2.07. The van der Waals surface area contributed by atoms with E-state index in [2.05, 4.69) is 38.1 Å². The molecule has 4 aromatic rings. The summed E-state index contributed by atoms with van der Waals surface area (Å²) in [6.07, 6.45) is 5.33. The minimum Gasteiger partial charge on any atom is -0.497 e. The van der Waals surface area contributed by atoms with Crippen molar-refractivity contribution in [2.45, 2.75) is 6.04 Å². The molecular formula is C17H17N7OS. The van der Waals surface area contributed by atoms with Crippen LogP contribution in [0.1, 0.15) is 0 Å². The highest BCUT2D eigenvalue weighted by Gasteiger charge is 2.33. The molecule has 5 rings (SSSR count). The summed E-state index contributed by atoms with van der Waals surface area (Å²) in [6, 6.07) is 6.40. The Morgan fingerprint density at radius 1 is 1.31 bits per heavy atom. The van der Waals surface area contributed by atoms with Crippen LogP contribution in [-0.4, -0.2) is 57.9 Å². The van der Waals surface area contributed by atoms with Crippen molar-refractivity contribution < 1.29 is 4.74 Å². The standard InChI is InChI=1S/C17H17N7OS/c1-22(17-20-13-7-12(25-2)3-4-14(13)26-17)11-8-24(9-11)15-16-21-19-10-23(16)6-5-18-15/h3-7,10-11H,8-9H2,1-2H3. The molecule has 1 fully saturated rings. The summed E-state index contributed by atoms with van der Waals surface area (Å²) >= 11 is 1.70. The molecule has 1 aliphatic rings. The van der Waals surface area contributed by atoms with Gasteiger partial charge >= 0.3 is 0 Å². The quantitative estimate of drug-likeness (QED) is 0.547. The highest BCUT2D eigenvalue weighted by molar-refractivity contribution is 7.22. The molecule has 26 heavy (non-hydrogen) atoms. The number of rotatable bonds is 4. The van der Waals surface area contributed by atoms with E-state index in [1.807, 2.05) is 22.7 Å². The molecule has 4 heterocycles. The number of ether oxygens (including phenoxy) is 1. The van der Waals surface area contributed by atoms with Gasteiger partial charge in [0.25, 0.3) is 0 Å². The van der Waals surface area contributed by atoms with Gasteiger partial charge in [-0.05, 0) is 12.1 Å². The molecule has 8 nitrogen and oxygen atoms in total. The second-order valence-electron chi connectivity index (χ2n) is 6.31. The summed E-state index contributed by atoms with van der Waals surface area (Å²) in [5.41, 5.74) is 1.77. The van der Waals surface area contributed by atoms with Crippen LogP contribution in [0.2, 0.25) is 0 Å². The molecule has 0 saturated carbocycles. The average Bonchev–Trinajstić information content (AvgIpc) is 3.26. The molecule has 0 amide bonds. The number of thiazole rings is 1. The first-order chi connectivity index (χ1) is 12.7. The van der Waals surface area contributed by atoms with Crippen molar-refractivity contribution >= 4 is 38.2 Å². The zero-order valence-electron chi connectivity index (χ0n) is 14.4. The largest absolute Gasteiger partial charge is 0.497 e. The lowest BCUT2D eigenvalue weighted by Crippen LogP contribution is -2.59. The minimum atomic E-state index is 0.391. The Morgan fingerprint density at radius 2 is 2.19 bits per heavy atom. The Kier molecular flexibility index (Phi) is 3.42. The molecule has 132 valence electrons. The number of hydrogen-bond donors (Lipinski definition) is 0. The number of anilines is 2. The van der Waals surface area contributed by atoms with E-state index in [0.717, 1.165) is 41.0 Å². The average molecular weight is 367 g/mol. The van der Waals surface area contributed by atoms with Crippen molar-refractivity contribution in [3.05, 3.63) is 36.9 Å². The number of benzene rings is 1. The lowest BCUT2D eigenvalue weighted by atomic mass is 10.1. The molecule has 0 unspecified atom stereocenters. The van der Waals surface area contributed by atoms with Gasteiger partial charge in [0.05, 0.1) is 23.4 Å². The van der Waals surface area contributed by atoms with Crippen LogP contribution in [0, 0.1) is 0 Å². The van der Waals surface area contributed by atoms with Crippen LogP contribution in [0.15, 0.2) is 36.9 Å². The van der Waals surface area contributed by atoms with Gasteiger partial charge in [-0.1, -0.05) is 11.3 Å². The van der Waals surface area contributed by atoms with Crippen molar-refractivity contribution in [3.63, 3.8) is 0 Å². The Bertz CT molecular complexity index is 1090. The molecular weight excluding hydrogens is 350 g/mol. The molecule has 0 bridgehead atoms. The van der Waals surface area contributed by atoms with Gasteiger partial charge in [-0.25, -0.2) is 9.97 Å². The Hall–Kier alpha value is -2.94. The van der Waals surface area contributed by atoms with Crippen LogP contribution in [0.25, 0.3) is 15.9 Å². The molecule has 0 atom stereocenters. The van der Waals surface area contributed by atoms with Crippen LogP contribution in [0.3, 0.4) is 0 Å². The van der Waals surface area contributed by atoms with Crippen LogP contribution in [0.4, 0.5) is 10.9 Å². The fraction of sp³-hybridized carbons (Fsp3) is 0.294. The van der Waals surface area contributed by atoms with Gasteiger partial charge in [0.15, 0.2) is 10.9 Å². The van der Waals surface area contributed by atoms with E-state index in [9.17, 15) is 0 Å². The van der Waals surface area contributed by atoms with Crippen molar-refractivity contribution in [1.29, 1.82) is 0 Å². The van der Waals surface area contributed by atoms with Gasteiger partial charge in [-0.2, -0.15) is 0 Å². The van der Waals surface area contributed by atoms with Gasteiger partial charge in [0.2, 0.25) is 5.65 Å². The normalized spacial score (nSPS) is 14.8. The maximum atomic E-state index is 5.29. The first-order valence-corrected chi connectivity index (χ1v) is 9.11. The molecule has 0 radical (unpaired) electrons. The zero-order chi connectivity index (χ0) is 17.7. The Balaban J connectivity index is 1.35. The second-order valence-corrected chi connectivity index (χ2v) is 7.32. The van der Waals surface area contributed by atoms with Crippen LogP contribution in [-0.2, 0) is 0 Å². The first kappa shape index (κ1) is 15.3. The van der Waals surface area contributed by atoms with E-state index < -0.39 is 0 Å². The van der Waals surface area contributed by atoms with Gasteiger partial charge in [-0.15, -0.1) is 10.2 Å². The number of likely N-dealkylation sites (N-methyl/N-ethyl adjacent to an activating group) is 1. The monoisotopic (exact) mass is 367 g/mol. The summed E-state index contributed by atoms with van der Waals surface area (Å²) < 4.78 is 8.34. The molecule has 3 aromatic heterocycles. The van der Waals surface area contributed by atoms with Crippen LogP contribution >= 0.6 is 11.3 Å². The third-order valence-corrected chi connectivity index (χ3v) is 5.92. The topological polar surface area (TPSA) is 71.7 Å². The summed E-state index contributed by atoms with van der Waals surface area (Å²) in [5, 5.41) is 9.15. The summed E-state index contributed by atoms with van der Waals surface area (Å²) in [6.45, 7) is 1.77. The number of nitrogens with zero attached hydrogens (tertiary/aromatic N) is 7. The van der Waals surface area contributed by atoms with E-state index >= 15 is 0 Å². The lowest BCUT2D eigenvalue weighted by Gasteiger charge is -2.44. The van der Waals surface area contributed by atoms with Gasteiger partial charge in [0, 0.05) is 38.6 Å². The predicted molar refractivity (Wildman–Crippen MR) is 101 cm³/mol. The first-order valence-electron chi connectivity index (χ1n) is 8.29. The molecule has 0 N–H and O–H groups in total.